The van der Waals surface area contributed by atoms with Gasteiger partial charge in [-0.3, -0.25) is 0 Å². The second kappa shape index (κ2) is 4.61. The van der Waals surface area contributed by atoms with E-state index in [1.807, 2.05) is 6.92 Å². The predicted molar refractivity (Wildman–Crippen MR) is 44.4 cm³/mol. The Morgan fingerprint density at radius 1 is 1.70 bits per heavy atom. The van der Waals surface area contributed by atoms with E-state index in [0.717, 1.165) is 12.0 Å². The van der Waals surface area contributed by atoms with E-state index in [1.54, 1.807) is 6.21 Å². The van der Waals surface area contributed by atoms with Gasteiger partial charge in [0, 0.05) is 6.21 Å². The average molecular weight is 139 g/mol. The van der Waals surface area contributed by atoms with Crippen molar-refractivity contribution in [1.82, 2.24) is 0 Å². The zero-order chi connectivity index (χ0) is 7.98. The van der Waals surface area contributed by atoms with Gasteiger partial charge in [-0.15, -0.1) is 0 Å². The van der Waals surface area contributed by atoms with Crippen LogP contribution in [0.15, 0.2) is 29.2 Å². The Bertz CT molecular complexity index is 168. The van der Waals surface area contributed by atoms with Crippen molar-refractivity contribution in [3.05, 3.63) is 24.2 Å². The highest BCUT2D eigenvalue weighted by molar-refractivity contribution is 5.78. The molecule has 0 heterocycles. The van der Waals surface area contributed by atoms with Gasteiger partial charge in [0.2, 0.25) is 0 Å². The minimum atomic E-state index is 0.299. The molecule has 0 radical (unpaired) electrons. The van der Waals surface area contributed by atoms with Crippen LogP contribution in [0.2, 0.25) is 0 Å². The Morgan fingerprint density at radius 3 is 2.60 bits per heavy atom. The molecule has 10 heavy (non-hydrogen) atoms. The van der Waals surface area contributed by atoms with Crippen molar-refractivity contribution in [1.29, 1.82) is 0 Å². The molecule has 0 amide bonds. The van der Waals surface area contributed by atoms with Gasteiger partial charge in [-0.1, -0.05) is 13.5 Å². The number of rotatable bonds is 3. The van der Waals surface area contributed by atoms with Crippen LogP contribution in [0.3, 0.4) is 0 Å². The van der Waals surface area contributed by atoms with Gasteiger partial charge < -0.3 is 11.5 Å². The Hall–Kier alpha value is -1.25. The molecule has 0 aromatic rings. The Morgan fingerprint density at radius 2 is 2.30 bits per heavy atom. The van der Waals surface area contributed by atoms with Gasteiger partial charge in [0.15, 0.2) is 0 Å². The third kappa shape index (κ3) is 3.72. The summed E-state index contributed by atoms with van der Waals surface area (Å²) in [5.41, 5.74) is 11.4. The first-order valence-electron chi connectivity index (χ1n) is 3.10. The highest BCUT2D eigenvalue weighted by Crippen LogP contribution is 1.93. The van der Waals surface area contributed by atoms with Gasteiger partial charge in [0.1, 0.15) is 5.82 Å². The summed E-state index contributed by atoms with van der Waals surface area (Å²) in [6.45, 7) is 5.40. The van der Waals surface area contributed by atoms with Crippen LogP contribution in [0.4, 0.5) is 0 Å². The van der Waals surface area contributed by atoms with Crippen LogP contribution in [-0.2, 0) is 0 Å². The average Bonchev–Trinajstić information content (AvgIpc) is 1.90. The maximum Gasteiger partial charge on any atom is 0.116 e. The molecule has 0 rings (SSSR count). The van der Waals surface area contributed by atoms with Gasteiger partial charge in [-0.05, 0) is 18.2 Å². The third-order valence-electron chi connectivity index (χ3n) is 1.02. The van der Waals surface area contributed by atoms with Crippen molar-refractivity contribution in [2.45, 2.75) is 13.3 Å². The Kier molecular flexibility index (Phi) is 4.04. The van der Waals surface area contributed by atoms with Crippen LogP contribution >= 0.6 is 0 Å². The molecule has 0 saturated carbocycles. The minimum absolute atomic E-state index is 0.299. The van der Waals surface area contributed by atoms with Crippen LogP contribution in [0, 0.1) is 0 Å². The number of hydrogen-bond acceptors (Lipinski definition) is 3. The molecule has 0 fully saturated rings. The topological polar surface area (TPSA) is 64.4 Å². The first-order chi connectivity index (χ1) is 4.70. The highest BCUT2D eigenvalue weighted by Gasteiger charge is 1.84. The molecule has 0 aliphatic heterocycles. The summed E-state index contributed by atoms with van der Waals surface area (Å²) in [6.07, 6.45) is 3.97. The summed E-state index contributed by atoms with van der Waals surface area (Å²) in [5.74, 6) is 0.299. The van der Waals surface area contributed by atoms with Crippen molar-refractivity contribution in [3.8, 4) is 0 Å². The van der Waals surface area contributed by atoms with E-state index in [2.05, 4.69) is 11.6 Å². The van der Waals surface area contributed by atoms with Crippen LogP contribution in [0.1, 0.15) is 13.3 Å². The fourth-order valence-electron chi connectivity index (χ4n) is 0.418. The maximum atomic E-state index is 5.25. The first kappa shape index (κ1) is 8.75. The SMILES string of the molecule is C=C(N)/N=C\C(=C/N)CC. The fourth-order valence-corrected chi connectivity index (χ4v) is 0.418. The Balaban J connectivity index is 3.98. The molecule has 56 valence electrons. The molecule has 3 heteroatoms. The van der Waals surface area contributed by atoms with Crippen LogP contribution in [0.25, 0.3) is 0 Å². The zero-order valence-corrected chi connectivity index (χ0v) is 6.17. The maximum absolute atomic E-state index is 5.25. The lowest BCUT2D eigenvalue weighted by Crippen LogP contribution is -1.93. The molecule has 3 nitrogen and oxygen atoms in total. The van der Waals surface area contributed by atoms with E-state index in [-0.39, 0.29) is 0 Å². The van der Waals surface area contributed by atoms with Crippen LogP contribution in [-0.4, -0.2) is 6.21 Å². The molecular weight excluding hydrogens is 126 g/mol. The first-order valence-corrected chi connectivity index (χ1v) is 3.10. The normalized spacial score (nSPS) is 12.3. The van der Waals surface area contributed by atoms with E-state index in [1.165, 1.54) is 6.20 Å². The minimum Gasteiger partial charge on any atom is -0.404 e. The second-order valence-electron chi connectivity index (χ2n) is 1.84. The fraction of sp³-hybridized carbons (Fsp3) is 0.286. The molecule has 0 aliphatic carbocycles. The summed E-state index contributed by atoms with van der Waals surface area (Å²) < 4.78 is 0. The van der Waals surface area contributed by atoms with Crippen molar-refractivity contribution in [3.63, 3.8) is 0 Å². The van der Waals surface area contributed by atoms with E-state index < -0.39 is 0 Å². The summed E-state index contributed by atoms with van der Waals surface area (Å²) >= 11 is 0. The monoisotopic (exact) mass is 139 g/mol. The number of allylic oxidation sites excluding steroid dienone is 1. The van der Waals surface area contributed by atoms with E-state index in [0.29, 0.717) is 5.82 Å². The lowest BCUT2D eigenvalue weighted by atomic mass is 10.2. The van der Waals surface area contributed by atoms with Gasteiger partial charge in [-0.25, -0.2) is 4.99 Å². The molecule has 0 aliphatic rings. The van der Waals surface area contributed by atoms with Crippen molar-refractivity contribution in [2.24, 2.45) is 16.5 Å². The number of nitrogens with two attached hydrogens (primary N) is 2. The summed E-state index contributed by atoms with van der Waals surface area (Å²) in [7, 11) is 0. The number of aliphatic imine (C=N–C) groups is 1. The van der Waals surface area contributed by atoms with E-state index >= 15 is 0 Å². The van der Waals surface area contributed by atoms with Gasteiger partial charge in [0.05, 0.1) is 0 Å². The van der Waals surface area contributed by atoms with Gasteiger partial charge in [0.25, 0.3) is 0 Å². The van der Waals surface area contributed by atoms with Crippen molar-refractivity contribution < 1.29 is 0 Å². The summed E-state index contributed by atoms with van der Waals surface area (Å²) in [5, 5.41) is 0. The highest BCUT2D eigenvalue weighted by atomic mass is 14.9. The number of hydrogen-bond donors (Lipinski definition) is 2. The molecule has 0 aromatic carbocycles. The molecule has 0 atom stereocenters. The summed E-state index contributed by atoms with van der Waals surface area (Å²) in [4.78, 5) is 3.78. The lowest BCUT2D eigenvalue weighted by molar-refractivity contribution is 1.16. The second-order valence-corrected chi connectivity index (χ2v) is 1.84. The van der Waals surface area contributed by atoms with Crippen LogP contribution in [0.5, 0.6) is 0 Å². The smallest absolute Gasteiger partial charge is 0.116 e. The van der Waals surface area contributed by atoms with Crippen LogP contribution < -0.4 is 11.5 Å². The molecular formula is C7H13N3. The lowest BCUT2D eigenvalue weighted by Gasteiger charge is -1.92. The largest absolute Gasteiger partial charge is 0.404 e. The van der Waals surface area contributed by atoms with Gasteiger partial charge >= 0.3 is 0 Å². The molecule has 0 bridgehead atoms. The standard InChI is InChI=1S/C7H13N3/c1-3-7(4-8)5-10-6(2)9/h4-5H,2-3,8-9H2,1H3/b7-4-,10-5-. The number of nitrogens with zero attached hydrogens (tertiary/aromatic N) is 1. The van der Waals surface area contributed by atoms with Gasteiger partial charge in [-0.2, -0.15) is 0 Å². The third-order valence-corrected chi connectivity index (χ3v) is 1.02. The van der Waals surface area contributed by atoms with E-state index in [9.17, 15) is 0 Å². The summed E-state index contributed by atoms with van der Waals surface area (Å²) in [6, 6.07) is 0. The van der Waals surface area contributed by atoms with Crippen molar-refractivity contribution in [2.75, 3.05) is 0 Å². The molecule has 0 unspecified atom stereocenters. The molecule has 0 aromatic heterocycles. The molecule has 4 N–H and O–H groups in total. The predicted octanol–water partition coefficient (Wildman–Crippen LogP) is 0.740. The molecule has 0 saturated heterocycles. The van der Waals surface area contributed by atoms with E-state index in [4.69, 9.17) is 11.5 Å². The quantitative estimate of drug-likeness (QED) is 0.566. The Labute approximate surface area is 61.1 Å². The zero-order valence-electron chi connectivity index (χ0n) is 6.17. The molecule has 0 spiro atoms. The van der Waals surface area contributed by atoms with Crippen molar-refractivity contribution >= 4 is 6.21 Å².